The second kappa shape index (κ2) is 9.14. The predicted molar refractivity (Wildman–Crippen MR) is 120 cm³/mol. The maximum atomic E-state index is 13.1. The summed E-state index contributed by atoms with van der Waals surface area (Å²) in [5.74, 6) is -0.337. The van der Waals surface area contributed by atoms with Gasteiger partial charge in [-0.25, -0.2) is 0 Å². The Morgan fingerprint density at radius 3 is 2.34 bits per heavy atom. The molecule has 164 valence electrons. The van der Waals surface area contributed by atoms with Crippen LogP contribution in [0, 0.1) is 0 Å². The Morgan fingerprint density at radius 1 is 1.03 bits per heavy atom. The number of rotatable bonds is 7. The SMILES string of the molecule is CCOc1ccc(C2/C(=C(/O)c3ccc(CC)cc3)C(=O)C(=O)N2Cc2ccco2)cc1. The van der Waals surface area contributed by atoms with Crippen LogP contribution < -0.4 is 4.74 Å². The van der Waals surface area contributed by atoms with Gasteiger partial charge in [-0.2, -0.15) is 0 Å². The fraction of sp³-hybridized carbons (Fsp3) is 0.231. The summed E-state index contributed by atoms with van der Waals surface area (Å²) < 4.78 is 10.9. The molecule has 2 aromatic carbocycles. The average Bonchev–Trinajstić information content (AvgIpc) is 3.42. The summed E-state index contributed by atoms with van der Waals surface area (Å²) in [6.07, 6.45) is 2.38. The molecule has 0 radical (unpaired) electrons. The number of furan rings is 1. The molecular weight excluding hydrogens is 406 g/mol. The van der Waals surface area contributed by atoms with Crippen LogP contribution in [0.1, 0.15) is 42.3 Å². The smallest absolute Gasteiger partial charge is 0.296 e. The summed E-state index contributed by atoms with van der Waals surface area (Å²) in [5.41, 5.74) is 2.37. The number of nitrogens with zero attached hydrogens (tertiary/aromatic N) is 1. The first-order valence-electron chi connectivity index (χ1n) is 10.7. The number of hydrogen-bond donors (Lipinski definition) is 1. The van der Waals surface area contributed by atoms with Crippen LogP contribution >= 0.6 is 0 Å². The summed E-state index contributed by atoms with van der Waals surface area (Å²) in [7, 11) is 0. The van der Waals surface area contributed by atoms with Crippen molar-refractivity contribution in [3.8, 4) is 5.75 Å². The third kappa shape index (κ3) is 4.04. The number of amides is 1. The van der Waals surface area contributed by atoms with E-state index in [1.165, 1.54) is 11.2 Å². The number of hydrogen-bond acceptors (Lipinski definition) is 5. The standard InChI is InChI=1S/C26H25NO5/c1-3-17-7-9-19(10-8-17)24(28)22-23(18-11-13-20(14-12-18)31-4-2)27(26(30)25(22)29)16-21-6-5-15-32-21/h5-15,23,28H,3-4,16H2,1-2H3/b24-22-. The van der Waals surface area contributed by atoms with Gasteiger partial charge < -0.3 is 19.2 Å². The summed E-state index contributed by atoms with van der Waals surface area (Å²) in [4.78, 5) is 27.5. The van der Waals surface area contributed by atoms with Gasteiger partial charge >= 0.3 is 0 Å². The molecule has 0 saturated carbocycles. The molecule has 1 aromatic heterocycles. The van der Waals surface area contributed by atoms with Gasteiger partial charge in [-0.15, -0.1) is 0 Å². The number of ether oxygens (including phenoxy) is 1. The number of aliphatic hydroxyl groups is 1. The molecule has 1 fully saturated rings. The Morgan fingerprint density at radius 2 is 1.75 bits per heavy atom. The molecule has 1 unspecified atom stereocenters. The van der Waals surface area contributed by atoms with Crippen molar-refractivity contribution in [3.05, 3.63) is 95.0 Å². The van der Waals surface area contributed by atoms with Crippen molar-refractivity contribution in [2.45, 2.75) is 32.9 Å². The van der Waals surface area contributed by atoms with E-state index in [2.05, 4.69) is 0 Å². The second-order valence-corrected chi connectivity index (χ2v) is 7.56. The number of aryl methyl sites for hydroxylation is 1. The van der Waals surface area contributed by atoms with E-state index in [4.69, 9.17) is 9.15 Å². The molecule has 0 bridgehead atoms. The molecule has 32 heavy (non-hydrogen) atoms. The van der Waals surface area contributed by atoms with Crippen LogP contribution in [0.3, 0.4) is 0 Å². The fourth-order valence-electron chi connectivity index (χ4n) is 3.93. The second-order valence-electron chi connectivity index (χ2n) is 7.56. The number of likely N-dealkylation sites (tertiary alicyclic amines) is 1. The van der Waals surface area contributed by atoms with Crippen molar-refractivity contribution in [2.75, 3.05) is 6.61 Å². The monoisotopic (exact) mass is 431 g/mol. The highest BCUT2D eigenvalue weighted by molar-refractivity contribution is 6.46. The Hall–Kier alpha value is -3.80. The molecule has 1 aliphatic rings. The first-order chi connectivity index (χ1) is 15.5. The molecule has 1 N–H and O–H groups in total. The molecule has 1 aliphatic heterocycles. The lowest BCUT2D eigenvalue weighted by Crippen LogP contribution is -2.29. The predicted octanol–water partition coefficient (Wildman–Crippen LogP) is 4.86. The first kappa shape index (κ1) is 21.4. The molecule has 1 atom stereocenters. The molecular formula is C26H25NO5. The maximum Gasteiger partial charge on any atom is 0.296 e. The lowest BCUT2D eigenvalue weighted by atomic mass is 9.95. The quantitative estimate of drug-likeness (QED) is 0.328. The van der Waals surface area contributed by atoms with Crippen molar-refractivity contribution in [3.63, 3.8) is 0 Å². The van der Waals surface area contributed by atoms with Crippen LogP contribution in [0.15, 0.2) is 76.9 Å². The normalized spacial score (nSPS) is 17.7. The number of aliphatic hydroxyl groups excluding tert-OH is 1. The zero-order chi connectivity index (χ0) is 22.7. The van der Waals surface area contributed by atoms with Crippen LogP contribution in [0.5, 0.6) is 5.75 Å². The number of ketones is 1. The molecule has 2 heterocycles. The highest BCUT2D eigenvalue weighted by atomic mass is 16.5. The van der Waals surface area contributed by atoms with Crippen molar-refractivity contribution < 1.29 is 23.8 Å². The fourth-order valence-corrected chi connectivity index (χ4v) is 3.93. The number of Topliss-reactive ketones (excluding diaryl/α,β-unsaturated/α-hetero) is 1. The van der Waals surface area contributed by atoms with Crippen molar-refractivity contribution in [1.82, 2.24) is 4.90 Å². The van der Waals surface area contributed by atoms with E-state index < -0.39 is 17.7 Å². The topological polar surface area (TPSA) is 80.0 Å². The molecule has 4 rings (SSSR count). The lowest BCUT2D eigenvalue weighted by Gasteiger charge is -2.24. The lowest BCUT2D eigenvalue weighted by molar-refractivity contribution is -0.140. The van der Waals surface area contributed by atoms with Gasteiger partial charge in [-0.1, -0.05) is 43.3 Å². The molecule has 3 aromatic rings. The van der Waals surface area contributed by atoms with E-state index in [-0.39, 0.29) is 17.9 Å². The Labute approximate surface area is 186 Å². The van der Waals surface area contributed by atoms with Gasteiger partial charge in [-0.3, -0.25) is 9.59 Å². The highest BCUT2D eigenvalue weighted by Gasteiger charge is 2.46. The highest BCUT2D eigenvalue weighted by Crippen LogP contribution is 2.40. The molecule has 6 nitrogen and oxygen atoms in total. The van der Waals surface area contributed by atoms with Crippen LogP contribution in [0.2, 0.25) is 0 Å². The van der Waals surface area contributed by atoms with Crippen molar-refractivity contribution in [2.24, 2.45) is 0 Å². The van der Waals surface area contributed by atoms with Gasteiger partial charge in [0.25, 0.3) is 11.7 Å². The zero-order valence-corrected chi connectivity index (χ0v) is 18.1. The first-order valence-corrected chi connectivity index (χ1v) is 10.7. The molecule has 0 aliphatic carbocycles. The van der Waals surface area contributed by atoms with Gasteiger partial charge in [-0.05, 0) is 48.7 Å². The Bertz CT molecular complexity index is 1130. The summed E-state index contributed by atoms with van der Waals surface area (Å²) in [6, 6.07) is 17.3. The zero-order valence-electron chi connectivity index (χ0n) is 18.1. The van der Waals surface area contributed by atoms with Gasteiger partial charge in [0.05, 0.1) is 31.0 Å². The van der Waals surface area contributed by atoms with Gasteiger partial charge in [0.15, 0.2) is 0 Å². The third-order valence-electron chi connectivity index (χ3n) is 5.59. The van der Waals surface area contributed by atoms with E-state index in [0.29, 0.717) is 29.2 Å². The van der Waals surface area contributed by atoms with Crippen LogP contribution in [-0.4, -0.2) is 28.3 Å². The van der Waals surface area contributed by atoms with E-state index >= 15 is 0 Å². The van der Waals surface area contributed by atoms with E-state index in [1.54, 1.807) is 36.4 Å². The molecule has 0 spiro atoms. The Balaban J connectivity index is 1.81. The van der Waals surface area contributed by atoms with Crippen molar-refractivity contribution >= 4 is 17.4 Å². The number of benzene rings is 2. The minimum atomic E-state index is -0.748. The van der Waals surface area contributed by atoms with Gasteiger partial charge in [0, 0.05) is 5.56 Å². The van der Waals surface area contributed by atoms with Crippen LogP contribution in [-0.2, 0) is 22.6 Å². The summed E-state index contributed by atoms with van der Waals surface area (Å²) in [5, 5.41) is 11.1. The van der Waals surface area contributed by atoms with Crippen LogP contribution in [0.4, 0.5) is 0 Å². The summed E-state index contributed by atoms with van der Waals surface area (Å²) in [6.45, 7) is 4.59. The van der Waals surface area contributed by atoms with E-state index in [1.807, 2.05) is 38.1 Å². The maximum absolute atomic E-state index is 13.1. The van der Waals surface area contributed by atoms with Crippen LogP contribution in [0.25, 0.3) is 5.76 Å². The molecule has 6 heteroatoms. The Kier molecular flexibility index (Phi) is 6.12. The van der Waals surface area contributed by atoms with E-state index in [0.717, 1.165) is 12.0 Å². The van der Waals surface area contributed by atoms with Gasteiger partial charge in [0.1, 0.15) is 17.3 Å². The average molecular weight is 431 g/mol. The van der Waals surface area contributed by atoms with E-state index in [9.17, 15) is 14.7 Å². The number of carbonyl (C=O) groups excluding carboxylic acids is 2. The molecule has 1 saturated heterocycles. The number of carbonyl (C=O) groups is 2. The third-order valence-corrected chi connectivity index (χ3v) is 5.59. The largest absolute Gasteiger partial charge is 0.507 e. The minimum Gasteiger partial charge on any atom is -0.507 e. The van der Waals surface area contributed by atoms with Crippen molar-refractivity contribution in [1.29, 1.82) is 0 Å². The van der Waals surface area contributed by atoms with Gasteiger partial charge in [0.2, 0.25) is 0 Å². The minimum absolute atomic E-state index is 0.0648. The molecule has 1 amide bonds. The summed E-state index contributed by atoms with van der Waals surface area (Å²) >= 11 is 0.